The average Bonchev–Trinajstić information content (AvgIpc) is 2.66. The van der Waals surface area contributed by atoms with Crippen molar-refractivity contribution < 1.29 is 33.3 Å². The van der Waals surface area contributed by atoms with E-state index in [1.807, 2.05) is 0 Å². The molecule has 1 aliphatic heterocycles. The molecule has 0 aromatic heterocycles. The Labute approximate surface area is 125 Å². The van der Waals surface area contributed by atoms with E-state index in [2.05, 4.69) is 9.84 Å². The first-order valence-electron chi connectivity index (χ1n) is 6.06. The molecule has 0 aromatic carbocycles. The van der Waals surface area contributed by atoms with E-state index in [1.54, 1.807) is 6.26 Å². The predicted octanol–water partition coefficient (Wildman–Crippen LogP) is -1.54. The monoisotopic (exact) mass is 339 g/mol. The van der Waals surface area contributed by atoms with Crippen molar-refractivity contribution in [3.8, 4) is 0 Å². The molecular weight excluding hydrogens is 323 g/mol. The molecule has 9 nitrogen and oxygen atoms in total. The van der Waals surface area contributed by atoms with Crippen molar-refractivity contribution in [3.63, 3.8) is 0 Å². The minimum absolute atomic E-state index is 0.0124. The summed E-state index contributed by atoms with van der Waals surface area (Å²) in [6.07, 6.45) is 1.80. The summed E-state index contributed by atoms with van der Waals surface area (Å²) in [6, 6.07) is 0. The molecule has 0 saturated carbocycles. The molecule has 3 amide bonds. The van der Waals surface area contributed by atoms with Gasteiger partial charge in [-0.05, 0) is 6.26 Å². The van der Waals surface area contributed by atoms with E-state index in [4.69, 9.17) is 4.89 Å². The van der Waals surface area contributed by atoms with Gasteiger partial charge < -0.3 is 19.6 Å². The van der Waals surface area contributed by atoms with Gasteiger partial charge >= 0.3 is 0 Å². The Morgan fingerprint density at radius 2 is 2.29 bits per heavy atom. The predicted molar refractivity (Wildman–Crippen MR) is 72.0 cm³/mol. The fraction of sp³-hybridized carbons (Fsp3) is 0.700. The van der Waals surface area contributed by atoms with Crippen LogP contribution in [-0.2, 0) is 23.5 Å². The lowest BCUT2D eigenvalue weighted by atomic mass is 10.3. The van der Waals surface area contributed by atoms with Crippen LogP contribution in [0.15, 0.2) is 0 Å². The second-order valence-corrected chi connectivity index (χ2v) is 6.45. The zero-order chi connectivity index (χ0) is 16.0. The number of carbonyl (C=O) groups excluding carboxylic acids is 3. The molecule has 0 radical (unpaired) electrons. The van der Waals surface area contributed by atoms with E-state index in [0.29, 0.717) is 0 Å². The number of nitrogens with one attached hydrogen (secondary N) is 1. The highest BCUT2D eigenvalue weighted by molar-refractivity contribution is 8.00. The van der Waals surface area contributed by atoms with Crippen LogP contribution in [0.4, 0.5) is 0 Å². The van der Waals surface area contributed by atoms with E-state index < -0.39 is 13.7 Å². The van der Waals surface area contributed by atoms with Crippen molar-refractivity contribution >= 4 is 37.3 Å². The summed E-state index contributed by atoms with van der Waals surface area (Å²) in [5.74, 6) is -1.05. The lowest BCUT2D eigenvalue weighted by Crippen LogP contribution is -2.36. The molecule has 0 aromatic rings. The van der Waals surface area contributed by atoms with Crippen molar-refractivity contribution in [2.75, 3.05) is 26.0 Å². The van der Waals surface area contributed by atoms with E-state index in [-0.39, 0.29) is 49.6 Å². The molecule has 0 bridgehead atoms. The Kier molecular flexibility index (Phi) is 6.82. The van der Waals surface area contributed by atoms with E-state index >= 15 is 0 Å². The molecule has 1 heterocycles. The van der Waals surface area contributed by atoms with Crippen molar-refractivity contribution in [2.24, 2.45) is 0 Å². The van der Waals surface area contributed by atoms with Gasteiger partial charge in [0.1, 0.15) is 0 Å². The number of hydrogen-bond acceptors (Lipinski definition) is 7. The third-order valence-electron chi connectivity index (χ3n) is 2.73. The first-order chi connectivity index (χ1) is 9.74. The lowest BCUT2D eigenvalue weighted by Gasteiger charge is -2.16. The highest BCUT2D eigenvalue weighted by Gasteiger charge is 2.37. The second kappa shape index (κ2) is 7.90. The quantitative estimate of drug-likeness (QED) is 0.308. The maximum absolute atomic E-state index is 11.8. The molecule has 2 atom stereocenters. The van der Waals surface area contributed by atoms with Gasteiger partial charge in [-0.3, -0.25) is 23.8 Å². The SMILES string of the molecule is CSC1CC(=O)N(CCC(=O)NCCOP(=O)([O-])O)C1=O. The van der Waals surface area contributed by atoms with Crippen molar-refractivity contribution in [3.05, 3.63) is 0 Å². The van der Waals surface area contributed by atoms with Gasteiger partial charge in [0.05, 0.1) is 11.9 Å². The Bertz CT molecular complexity index is 466. The van der Waals surface area contributed by atoms with Gasteiger partial charge in [0.15, 0.2) is 0 Å². The summed E-state index contributed by atoms with van der Waals surface area (Å²) in [6.45, 7) is -0.512. The lowest BCUT2D eigenvalue weighted by molar-refractivity contribution is -0.219. The maximum Gasteiger partial charge on any atom is 0.265 e. The van der Waals surface area contributed by atoms with Crippen LogP contribution in [0.1, 0.15) is 12.8 Å². The number of thioether (sulfide) groups is 1. The summed E-state index contributed by atoms with van der Waals surface area (Å²) in [7, 11) is -4.79. The molecule has 0 aliphatic carbocycles. The summed E-state index contributed by atoms with van der Waals surface area (Å²) < 4.78 is 14.3. The van der Waals surface area contributed by atoms with Crippen LogP contribution in [0.2, 0.25) is 0 Å². The fourth-order valence-electron chi connectivity index (χ4n) is 1.73. The fourth-order valence-corrected chi connectivity index (χ4v) is 2.69. The van der Waals surface area contributed by atoms with Crippen LogP contribution < -0.4 is 10.2 Å². The molecule has 120 valence electrons. The number of imide groups is 1. The van der Waals surface area contributed by atoms with Crippen molar-refractivity contribution in [1.82, 2.24) is 10.2 Å². The Morgan fingerprint density at radius 3 is 2.81 bits per heavy atom. The number of hydrogen-bond donors (Lipinski definition) is 2. The zero-order valence-electron chi connectivity index (χ0n) is 11.3. The molecule has 11 heteroatoms. The maximum atomic E-state index is 11.8. The molecule has 1 aliphatic rings. The largest absolute Gasteiger partial charge is 0.756 e. The van der Waals surface area contributed by atoms with Crippen molar-refractivity contribution in [1.29, 1.82) is 0 Å². The van der Waals surface area contributed by atoms with Crippen molar-refractivity contribution in [2.45, 2.75) is 18.1 Å². The summed E-state index contributed by atoms with van der Waals surface area (Å²) in [5.41, 5.74) is 0. The number of nitrogens with zero attached hydrogens (tertiary/aromatic N) is 1. The molecule has 21 heavy (non-hydrogen) atoms. The first kappa shape index (κ1) is 18.1. The normalized spacial score (nSPS) is 21.5. The minimum Gasteiger partial charge on any atom is -0.756 e. The zero-order valence-corrected chi connectivity index (χ0v) is 13.0. The third-order valence-corrected chi connectivity index (χ3v) is 4.17. The molecule has 1 saturated heterocycles. The highest BCUT2D eigenvalue weighted by atomic mass is 32.2. The van der Waals surface area contributed by atoms with Gasteiger partial charge in [0.25, 0.3) is 7.82 Å². The standard InChI is InChI=1S/C10H17N2O7PS/c1-21-7-6-9(14)12(10(7)15)4-2-8(13)11-3-5-19-20(16,17)18/h7H,2-6H2,1H3,(H,11,13)(H2,16,17,18)/p-1. The van der Waals surface area contributed by atoms with E-state index in [1.165, 1.54) is 11.8 Å². The number of amides is 3. The number of likely N-dealkylation sites (tertiary alicyclic amines) is 1. The van der Waals surface area contributed by atoms with Gasteiger partial charge in [-0.15, -0.1) is 0 Å². The summed E-state index contributed by atoms with van der Waals surface area (Å²) in [4.78, 5) is 54.5. The molecule has 2 unspecified atom stereocenters. The van der Waals surface area contributed by atoms with Crippen LogP contribution in [0, 0.1) is 0 Å². The van der Waals surface area contributed by atoms with E-state index in [0.717, 1.165) is 4.90 Å². The molecule has 0 spiro atoms. The van der Waals surface area contributed by atoms with Crippen LogP contribution in [0.3, 0.4) is 0 Å². The summed E-state index contributed by atoms with van der Waals surface area (Å²) in [5, 5.41) is 1.96. The number of phosphoric acid groups is 1. The van der Waals surface area contributed by atoms with Gasteiger partial charge in [-0.1, -0.05) is 0 Å². The second-order valence-electron chi connectivity index (χ2n) is 4.21. The van der Waals surface area contributed by atoms with Crippen LogP contribution in [0.5, 0.6) is 0 Å². The van der Waals surface area contributed by atoms with Gasteiger partial charge in [0, 0.05) is 25.9 Å². The highest BCUT2D eigenvalue weighted by Crippen LogP contribution is 2.29. The number of carbonyl (C=O) groups is 3. The average molecular weight is 339 g/mol. The number of phosphoric ester groups is 1. The topological polar surface area (TPSA) is 136 Å². The minimum atomic E-state index is -4.79. The van der Waals surface area contributed by atoms with Crippen LogP contribution in [0.25, 0.3) is 0 Å². The molecule has 1 fully saturated rings. The van der Waals surface area contributed by atoms with Crippen LogP contribution >= 0.6 is 19.6 Å². The molecule has 1 rings (SSSR count). The van der Waals surface area contributed by atoms with Gasteiger partial charge in [0.2, 0.25) is 17.7 Å². The van der Waals surface area contributed by atoms with E-state index in [9.17, 15) is 23.8 Å². The Morgan fingerprint density at radius 1 is 1.62 bits per heavy atom. The smallest absolute Gasteiger partial charge is 0.265 e. The summed E-state index contributed by atoms with van der Waals surface area (Å²) >= 11 is 1.29. The van der Waals surface area contributed by atoms with Crippen LogP contribution in [-0.4, -0.2) is 58.7 Å². The molecular formula is C10H16N2O7PS-. The third kappa shape index (κ3) is 6.15. The molecule has 2 N–H and O–H groups in total. The first-order valence-corrected chi connectivity index (χ1v) is 8.85. The Balaban J connectivity index is 2.26. The van der Waals surface area contributed by atoms with Gasteiger partial charge in [-0.2, -0.15) is 11.8 Å². The van der Waals surface area contributed by atoms with Gasteiger partial charge in [-0.25, -0.2) is 0 Å². The number of rotatable bonds is 8. The Hall–Kier alpha value is -0.930.